The van der Waals surface area contributed by atoms with E-state index in [-0.39, 0.29) is 25.0 Å². The molecule has 0 saturated heterocycles. The molecule has 0 radical (unpaired) electrons. The Hall–Kier alpha value is -4.00. The number of rotatable bonds is 14. The predicted molar refractivity (Wildman–Crippen MR) is 144 cm³/mol. The molecule has 1 atom stereocenters. The Labute approximate surface area is 219 Å². The maximum atomic E-state index is 13.7. The predicted octanol–water partition coefficient (Wildman–Crippen LogP) is 4.64. The van der Waals surface area contributed by atoms with Crippen molar-refractivity contribution >= 4 is 11.8 Å². The van der Waals surface area contributed by atoms with Crippen LogP contribution in [0, 0.1) is 0 Å². The summed E-state index contributed by atoms with van der Waals surface area (Å²) in [5.41, 5.74) is 1.90. The minimum atomic E-state index is -0.699. The standard InChI is InChI=1S/C30H36N2O5/c1-4-5-16-31-30(34)28(17-23-12-8-6-9-13-23)32(21-24-14-10-7-11-15-24)29(33)22-37-27-19-25(35-2)18-26(20-27)36-3/h6-15,18-20,28H,4-5,16-17,21-22H2,1-3H3,(H,31,34)/t28-/m0/s1. The van der Waals surface area contributed by atoms with Crippen LogP contribution in [0.3, 0.4) is 0 Å². The van der Waals surface area contributed by atoms with Crippen LogP contribution in [0.5, 0.6) is 17.2 Å². The van der Waals surface area contributed by atoms with E-state index < -0.39 is 6.04 Å². The van der Waals surface area contributed by atoms with Crippen molar-refractivity contribution in [1.82, 2.24) is 10.2 Å². The van der Waals surface area contributed by atoms with Gasteiger partial charge < -0.3 is 24.4 Å². The van der Waals surface area contributed by atoms with Crippen molar-refractivity contribution in [3.05, 3.63) is 90.0 Å². The van der Waals surface area contributed by atoms with Gasteiger partial charge >= 0.3 is 0 Å². The van der Waals surface area contributed by atoms with E-state index >= 15 is 0 Å². The number of carbonyl (C=O) groups is 2. The molecular weight excluding hydrogens is 468 g/mol. The highest BCUT2D eigenvalue weighted by Crippen LogP contribution is 2.27. The van der Waals surface area contributed by atoms with Crippen molar-refractivity contribution in [2.45, 2.75) is 38.8 Å². The second-order valence-electron chi connectivity index (χ2n) is 8.69. The lowest BCUT2D eigenvalue weighted by Crippen LogP contribution is -2.51. The van der Waals surface area contributed by atoms with Gasteiger partial charge in [0.25, 0.3) is 5.91 Å². The first kappa shape index (κ1) is 27.6. The molecule has 0 saturated carbocycles. The summed E-state index contributed by atoms with van der Waals surface area (Å²) >= 11 is 0. The normalized spacial score (nSPS) is 11.3. The van der Waals surface area contributed by atoms with Crippen LogP contribution in [-0.2, 0) is 22.6 Å². The summed E-state index contributed by atoms with van der Waals surface area (Å²) in [7, 11) is 3.10. The van der Waals surface area contributed by atoms with E-state index in [4.69, 9.17) is 14.2 Å². The Morgan fingerprint density at radius 2 is 1.41 bits per heavy atom. The van der Waals surface area contributed by atoms with E-state index in [0.29, 0.717) is 30.2 Å². The number of hydrogen-bond acceptors (Lipinski definition) is 5. The molecule has 0 aliphatic rings. The largest absolute Gasteiger partial charge is 0.496 e. The molecule has 0 aliphatic carbocycles. The van der Waals surface area contributed by atoms with Crippen molar-refractivity contribution < 1.29 is 23.8 Å². The lowest BCUT2D eigenvalue weighted by atomic mass is 10.0. The van der Waals surface area contributed by atoms with E-state index in [2.05, 4.69) is 12.2 Å². The number of hydrogen-bond donors (Lipinski definition) is 1. The Balaban J connectivity index is 1.87. The van der Waals surface area contributed by atoms with Gasteiger partial charge in [-0.2, -0.15) is 0 Å². The molecule has 3 aromatic rings. The fourth-order valence-corrected chi connectivity index (χ4v) is 3.93. The maximum Gasteiger partial charge on any atom is 0.261 e. The van der Waals surface area contributed by atoms with Gasteiger partial charge in [0.05, 0.1) is 14.2 Å². The van der Waals surface area contributed by atoms with Crippen molar-refractivity contribution in [3.63, 3.8) is 0 Å². The van der Waals surface area contributed by atoms with Gasteiger partial charge in [0.1, 0.15) is 23.3 Å². The molecule has 0 spiro atoms. The summed E-state index contributed by atoms with van der Waals surface area (Å²) in [6.45, 7) is 2.68. The van der Waals surface area contributed by atoms with Gasteiger partial charge in [0.2, 0.25) is 5.91 Å². The van der Waals surface area contributed by atoms with Crippen molar-refractivity contribution in [2.24, 2.45) is 0 Å². The molecule has 0 aromatic heterocycles. The smallest absolute Gasteiger partial charge is 0.261 e. The monoisotopic (exact) mass is 504 g/mol. The summed E-state index contributed by atoms with van der Waals surface area (Å²) in [6, 6.07) is 23.8. The van der Waals surface area contributed by atoms with Crippen LogP contribution in [0.4, 0.5) is 0 Å². The van der Waals surface area contributed by atoms with E-state index in [1.807, 2.05) is 60.7 Å². The first-order chi connectivity index (χ1) is 18.0. The van der Waals surface area contributed by atoms with Crippen LogP contribution in [-0.4, -0.2) is 50.1 Å². The molecule has 2 amide bonds. The molecule has 3 rings (SSSR count). The first-order valence-electron chi connectivity index (χ1n) is 12.5. The molecule has 7 nitrogen and oxygen atoms in total. The van der Waals surface area contributed by atoms with Crippen molar-refractivity contribution in [3.8, 4) is 17.2 Å². The quantitative estimate of drug-likeness (QED) is 0.324. The summed E-state index contributed by atoms with van der Waals surface area (Å²) in [4.78, 5) is 28.7. The average molecular weight is 505 g/mol. The fraction of sp³-hybridized carbons (Fsp3) is 0.333. The van der Waals surface area contributed by atoms with E-state index in [0.717, 1.165) is 24.0 Å². The molecule has 7 heteroatoms. The lowest BCUT2D eigenvalue weighted by Gasteiger charge is -2.31. The number of ether oxygens (including phenoxy) is 3. The van der Waals surface area contributed by atoms with Crippen LogP contribution in [0.1, 0.15) is 30.9 Å². The number of methoxy groups -OCH3 is 2. The third-order valence-corrected chi connectivity index (χ3v) is 5.98. The van der Waals surface area contributed by atoms with Gasteiger partial charge in [-0.25, -0.2) is 0 Å². The number of amides is 2. The average Bonchev–Trinajstić information content (AvgIpc) is 2.94. The number of benzene rings is 3. The summed E-state index contributed by atoms with van der Waals surface area (Å²) < 4.78 is 16.5. The minimum Gasteiger partial charge on any atom is -0.496 e. The molecule has 0 heterocycles. The summed E-state index contributed by atoms with van der Waals surface area (Å²) in [5, 5.41) is 3.02. The molecule has 0 fully saturated rings. The number of nitrogens with one attached hydrogen (secondary N) is 1. The molecule has 37 heavy (non-hydrogen) atoms. The molecule has 1 N–H and O–H groups in total. The molecule has 0 unspecified atom stereocenters. The third-order valence-electron chi connectivity index (χ3n) is 5.98. The van der Waals surface area contributed by atoms with Gasteiger partial charge in [-0.05, 0) is 17.5 Å². The highest BCUT2D eigenvalue weighted by Gasteiger charge is 2.30. The molecule has 196 valence electrons. The van der Waals surface area contributed by atoms with Gasteiger partial charge in [-0.3, -0.25) is 9.59 Å². The second kappa shape index (κ2) is 14.5. The molecule has 3 aromatic carbocycles. The van der Waals surface area contributed by atoms with Crippen molar-refractivity contribution in [1.29, 1.82) is 0 Å². The van der Waals surface area contributed by atoms with Crippen LogP contribution >= 0.6 is 0 Å². The topological polar surface area (TPSA) is 77.1 Å². The van der Waals surface area contributed by atoms with E-state index in [9.17, 15) is 9.59 Å². The number of nitrogens with zero attached hydrogens (tertiary/aromatic N) is 1. The van der Waals surface area contributed by atoms with Crippen LogP contribution in [0.25, 0.3) is 0 Å². The summed E-state index contributed by atoms with van der Waals surface area (Å²) in [6.07, 6.45) is 2.23. The fourth-order valence-electron chi connectivity index (χ4n) is 3.93. The van der Waals surface area contributed by atoms with Gasteiger partial charge in [0.15, 0.2) is 6.61 Å². The number of unbranched alkanes of at least 4 members (excludes halogenated alkanes) is 1. The van der Waals surface area contributed by atoms with E-state index in [1.54, 1.807) is 37.3 Å². The summed E-state index contributed by atoms with van der Waals surface area (Å²) in [5.74, 6) is 1.08. The van der Waals surface area contributed by atoms with Crippen LogP contribution in [0.15, 0.2) is 78.9 Å². The first-order valence-corrected chi connectivity index (χ1v) is 12.5. The van der Waals surface area contributed by atoms with Gasteiger partial charge in [-0.1, -0.05) is 74.0 Å². The highest BCUT2D eigenvalue weighted by atomic mass is 16.5. The highest BCUT2D eigenvalue weighted by molar-refractivity contribution is 5.88. The second-order valence-corrected chi connectivity index (χ2v) is 8.69. The van der Waals surface area contributed by atoms with Crippen molar-refractivity contribution in [2.75, 3.05) is 27.4 Å². The minimum absolute atomic E-state index is 0.176. The Kier molecular flexibility index (Phi) is 10.8. The Bertz CT molecular complexity index is 1100. The Morgan fingerprint density at radius 1 is 0.838 bits per heavy atom. The van der Waals surface area contributed by atoms with E-state index in [1.165, 1.54) is 0 Å². The van der Waals surface area contributed by atoms with Gasteiger partial charge in [-0.15, -0.1) is 0 Å². The zero-order chi connectivity index (χ0) is 26.5. The maximum absolute atomic E-state index is 13.7. The number of carbonyl (C=O) groups excluding carboxylic acids is 2. The molecular formula is C30H36N2O5. The molecule has 0 aliphatic heterocycles. The zero-order valence-corrected chi connectivity index (χ0v) is 21.8. The zero-order valence-electron chi connectivity index (χ0n) is 21.8. The van der Waals surface area contributed by atoms with Crippen LogP contribution < -0.4 is 19.5 Å². The van der Waals surface area contributed by atoms with Gasteiger partial charge in [0, 0.05) is 37.7 Å². The molecule has 0 bridgehead atoms. The Morgan fingerprint density at radius 3 is 1.97 bits per heavy atom. The SMILES string of the molecule is CCCCNC(=O)[C@H](Cc1ccccc1)N(Cc1ccccc1)C(=O)COc1cc(OC)cc(OC)c1. The lowest BCUT2D eigenvalue weighted by molar-refractivity contribution is -0.142. The third kappa shape index (κ3) is 8.56. The van der Waals surface area contributed by atoms with Crippen LogP contribution in [0.2, 0.25) is 0 Å².